The number of alkyl halides is 3. The van der Waals surface area contributed by atoms with Crippen LogP contribution in [0.1, 0.15) is 25.8 Å². The number of benzene rings is 1. The van der Waals surface area contributed by atoms with Crippen molar-refractivity contribution >= 4 is 34.5 Å². The van der Waals surface area contributed by atoms with E-state index in [0.29, 0.717) is 6.42 Å². The van der Waals surface area contributed by atoms with E-state index in [9.17, 15) is 27.9 Å². The number of halogens is 4. The van der Waals surface area contributed by atoms with Gasteiger partial charge in [0.2, 0.25) is 0 Å². The summed E-state index contributed by atoms with van der Waals surface area (Å²) in [6.07, 6.45) is -5.90. The quantitative estimate of drug-likeness (QED) is 0.335. The molecule has 0 aromatic heterocycles. The number of ether oxygens (including phenoxy) is 1. The lowest BCUT2D eigenvalue weighted by molar-refractivity contribution is -0.267. The zero-order valence-electron chi connectivity index (χ0n) is 14.7. The molecule has 0 bridgehead atoms. The molecule has 0 saturated heterocycles. The molecule has 27 heavy (non-hydrogen) atoms. The Kier molecular flexibility index (Phi) is 7.61. The highest BCUT2D eigenvalue weighted by molar-refractivity contribution is 6.65. The summed E-state index contributed by atoms with van der Waals surface area (Å²) in [5.41, 5.74) is -4.47. The van der Waals surface area contributed by atoms with Crippen molar-refractivity contribution in [2.24, 2.45) is 5.16 Å². The van der Waals surface area contributed by atoms with E-state index in [1.165, 1.54) is 14.0 Å². The van der Waals surface area contributed by atoms with Crippen molar-refractivity contribution in [1.82, 2.24) is 0 Å². The zero-order chi connectivity index (χ0) is 20.8. The Morgan fingerprint density at radius 3 is 2.22 bits per heavy atom. The third-order valence-electron chi connectivity index (χ3n) is 3.44. The Morgan fingerprint density at radius 2 is 1.78 bits per heavy atom. The molecule has 0 spiro atoms. The molecule has 1 atom stereocenters. The Bertz CT molecular complexity index is 709. The fourth-order valence-electron chi connectivity index (χ4n) is 1.88. The number of oxime groups is 1. The second-order valence-electron chi connectivity index (χ2n) is 5.21. The van der Waals surface area contributed by atoms with Crippen LogP contribution in [-0.2, 0) is 20.0 Å². The van der Waals surface area contributed by atoms with Gasteiger partial charge in [-0.15, -0.1) is 0 Å². The first-order chi connectivity index (χ1) is 12.5. The van der Waals surface area contributed by atoms with Gasteiger partial charge in [0.15, 0.2) is 0 Å². The van der Waals surface area contributed by atoms with Crippen LogP contribution in [0.25, 0.3) is 0 Å². The molecule has 0 aliphatic rings. The minimum Gasteiger partial charge on any atom is -0.463 e. The Hall–Kier alpha value is -2.33. The van der Waals surface area contributed by atoms with Crippen LogP contribution in [0.4, 0.5) is 23.7 Å². The smallest absolute Gasteiger partial charge is 0.440 e. The molecular formula is C16H18ClF3N2O5. The van der Waals surface area contributed by atoms with Crippen LogP contribution in [0.15, 0.2) is 29.4 Å². The SMILES string of the molecule is CCOC(=O)C(O)(c1ccc(N(C)C(=O)O/N=C(/Cl)CC)cc1)C(F)(F)F. The molecule has 1 aromatic carbocycles. The number of hydrogen-bond acceptors (Lipinski definition) is 6. The monoisotopic (exact) mass is 410 g/mol. The molecule has 0 aliphatic heterocycles. The summed E-state index contributed by atoms with van der Waals surface area (Å²) in [6.45, 7) is 2.66. The highest BCUT2D eigenvalue weighted by Crippen LogP contribution is 2.40. The molecule has 150 valence electrons. The number of aliphatic hydroxyl groups is 1. The molecule has 1 N–H and O–H groups in total. The van der Waals surface area contributed by atoms with Gasteiger partial charge in [0.25, 0.3) is 5.60 Å². The fourth-order valence-corrected chi connectivity index (χ4v) is 1.91. The number of hydrogen-bond donors (Lipinski definition) is 1. The molecule has 0 radical (unpaired) electrons. The third kappa shape index (κ3) is 5.10. The summed E-state index contributed by atoms with van der Waals surface area (Å²) < 4.78 is 44.2. The van der Waals surface area contributed by atoms with E-state index < -0.39 is 29.4 Å². The maximum Gasteiger partial charge on any atom is 0.440 e. The van der Waals surface area contributed by atoms with Gasteiger partial charge in [0.1, 0.15) is 5.17 Å². The zero-order valence-corrected chi connectivity index (χ0v) is 15.5. The summed E-state index contributed by atoms with van der Waals surface area (Å²) in [5, 5.41) is 13.4. The summed E-state index contributed by atoms with van der Waals surface area (Å²) >= 11 is 5.61. The van der Waals surface area contributed by atoms with E-state index in [2.05, 4.69) is 14.7 Å². The van der Waals surface area contributed by atoms with E-state index >= 15 is 0 Å². The summed E-state index contributed by atoms with van der Waals surface area (Å²) in [5.74, 6) is -1.85. The predicted octanol–water partition coefficient (Wildman–Crippen LogP) is 3.53. The van der Waals surface area contributed by atoms with Crippen LogP contribution in [0.3, 0.4) is 0 Å². The maximum atomic E-state index is 13.3. The number of anilines is 1. The van der Waals surface area contributed by atoms with Crippen molar-refractivity contribution in [1.29, 1.82) is 0 Å². The van der Waals surface area contributed by atoms with Gasteiger partial charge >= 0.3 is 18.2 Å². The van der Waals surface area contributed by atoms with Crippen molar-refractivity contribution in [3.8, 4) is 0 Å². The highest BCUT2D eigenvalue weighted by Gasteiger charge is 2.62. The number of carbonyl (C=O) groups is 2. The summed E-state index contributed by atoms with van der Waals surface area (Å²) in [4.78, 5) is 29.1. The maximum absolute atomic E-state index is 13.3. The second kappa shape index (κ2) is 9.05. The molecule has 0 saturated carbocycles. The second-order valence-corrected chi connectivity index (χ2v) is 5.65. The molecule has 7 nitrogen and oxygen atoms in total. The first-order valence-electron chi connectivity index (χ1n) is 7.72. The van der Waals surface area contributed by atoms with Crippen molar-refractivity contribution < 1.29 is 37.4 Å². The van der Waals surface area contributed by atoms with Gasteiger partial charge in [-0.2, -0.15) is 13.2 Å². The van der Waals surface area contributed by atoms with Gasteiger partial charge < -0.3 is 9.84 Å². The van der Waals surface area contributed by atoms with E-state index in [-0.39, 0.29) is 17.5 Å². The third-order valence-corrected chi connectivity index (χ3v) is 3.78. The minimum absolute atomic E-state index is 0.0526. The van der Waals surface area contributed by atoms with Gasteiger partial charge in [-0.1, -0.05) is 35.8 Å². The lowest BCUT2D eigenvalue weighted by Crippen LogP contribution is -2.50. The van der Waals surface area contributed by atoms with Gasteiger partial charge in [-0.25, -0.2) is 9.59 Å². The highest BCUT2D eigenvalue weighted by atomic mass is 35.5. The first-order valence-corrected chi connectivity index (χ1v) is 8.10. The molecule has 0 heterocycles. The van der Waals surface area contributed by atoms with Gasteiger partial charge in [-0.3, -0.25) is 9.74 Å². The normalized spacial score (nSPS) is 14.3. The van der Waals surface area contributed by atoms with Crippen LogP contribution in [0.5, 0.6) is 0 Å². The number of amides is 1. The molecule has 1 aromatic rings. The molecule has 1 unspecified atom stereocenters. The summed E-state index contributed by atoms with van der Waals surface area (Å²) in [6, 6.07) is 3.90. The van der Waals surface area contributed by atoms with Gasteiger partial charge in [0.05, 0.1) is 6.61 Å². The molecule has 1 amide bonds. The van der Waals surface area contributed by atoms with Gasteiger partial charge in [-0.05, 0) is 19.1 Å². The van der Waals surface area contributed by atoms with Crippen molar-refractivity contribution in [3.05, 3.63) is 29.8 Å². The first kappa shape index (κ1) is 22.7. The Morgan fingerprint density at radius 1 is 1.22 bits per heavy atom. The predicted molar refractivity (Wildman–Crippen MR) is 91.5 cm³/mol. The van der Waals surface area contributed by atoms with Crippen LogP contribution in [0.2, 0.25) is 0 Å². The van der Waals surface area contributed by atoms with Crippen LogP contribution in [-0.4, -0.2) is 42.2 Å². The van der Waals surface area contributed by atoms with Crippen LogP contribution < -0.4 is 4.90 Å². The average Bonchev–Trinajstić information content (AvgIpc) is 2.63. The van der Waals surface area contributed by atoms with Gasteiger partial charge in [0, 0.05) is 24.7 Å². The Balaban J connectivity index is 3.11. The molecular weight excluding hydrogens is 393 g/mol. The van der Waals surface area contributed by atoms with Crippen molar-refractivity contribution in [3.63, 3.8) is 0 Å². The van der Waals surface area contributed by atoms with Crippen molar-refractivity contribution in [2.45, 2.75) is 32.0 Å². The molecule has 11 heteroatoms. The minimum atomic E-state index is -5.31. The lowest BCUT2D eigenvalue weighted by atomic mass is 9.93. The van der Waals surface area contributed by atoms with E-state index in [1.807, 2.05) is 0 Å². The van der Waals surface area contributed by atoms with E-state index in [1.54, 1.807) is 6.92 Å². The van der Waals surface area contributed by atoms with E-state index in [0.717, 1.165) is 29.2 Å². The van der Waals surface area contributed by atoms with Crippen LogP contribution >= 0.6 is 11.6 Å². The fraction of sp³-hybridized carbons (Fsp3) is 0.438. The van der Waals surface area contributed by atoms with E-state index in [4.69, 9.17) is 11.6 Å². The topological polar surface area (TPSA) is 88.4 Å². The molecule has 0 fully saturated rings. The molecule has 1 rings (SSSR count). The van der Waals surface area contributed by atoms with Crippen molar-refractivity contribution in [2.75, 3.05) is 18.6 Å². The number of esters is 1. The average molecular weight is 411 g/mol. The largest absolute Gasteiger partial charge is 0.463 e. The number of nitrogens with zero attached hydrogens (tertiary/aromatic N) is 2. The number of carbonyl (C=O) groups excluding carboxylic acids is 2. The Labute approximate surface area is 158 Å². The van der Waals surface area contributed by atoms with Crippen LogP contribution in [0, 0.1) is 0 Å². The lowest BCUT2D eigenvalue weighted by Gasteiger charge is -2.28. The number of rotatable bonds is 6. The standard InChI is InChI=1S/C16H18ClF3N2O5/c1-4-12(17)21-27-14(24)22(3)11-8-6-10(7-9-11)15(25,16(18,19)20)13(23)26-5-2/h6-9,25H,4-5H2,1-3H3/b21-12+. The summed E-state index contributed by atoms with van der Waals surface area (Å²) in [7, 11) is 1.29. The molecule has 0 aliphatic carbocycles.